The van der Waals surface area contributed by atoms with Gasteiger partial charge in [-0.25, -0.2) is 0 Å². The van der Waals surface area contributed by atoms with Crippen LogP contribution in [0.3, 0.4) is 0 Å². The third-order valence-electron chi connectivity index (χ3n) is 4.38. The normalized spacial score (nSPS) is 25.7. The van der Waals surface area contributed by atoms with Crippen molar-refractivity contribution in [1.29, 1.82) is 0 Å². The van der Waals surface area contributed by atoms with Crippen molar-refractivity contribution in [3.05, 3.63) is 12.7 Å². The second-order valence-corrected chi connectivity index (χ2v) is 8.10. The van der Waals surface area contributed by atoms with Gasteiger partial charge in [-0.15, -0.1) is 0 Å². The number of nitrogens with two attached hydrogens (primary N) is 1. The zero-order valence-corrected chi connectivity index (χ0v) is 17.3. The Morgan fingerprint density at radius 1 is 1.43 bits per heavy atom. The van der Waals surface area contributed by atoms with Crippen molar-refractivity contribution >= 4 is 54.8 Å². The number of aromatic nitrogens is 4. The fourth-order valence-corrected chi connectivity index (χ4v) is 4.09. The van der Waals surface area contributed by atoms with Crippen molar-refractivity contribution in [2.45, 2.75) is 37.0 Å². The number of aliphatic carboxylic acids is 1. The first-order valence-electron chi connectivity index (χ1n) is 8.31. The summed E-state index contributed by atoms with van der Waals surface area (Å²) in [7, 11) is 0. The average Bonchev–Trinajstić information content (AvgIpc) is 3.21. The summed E-state index contributed by atoms with van der Waals surface area (Å²) in [4.78, 5) is 23.5. The van der Waals surface area contributed by atoms with E-state index in [9.17, 15) is 20.1 Å². The molecule has 2 aromatic heterocycles. The molecule has 2 aromatic rings. The monoisotopic (exact) mass is 476 g/mol. The number of fused-ring (bicyclic) bond motifs is 1. The minimum atomic E-state index is -1.29. The first-order valence-corrected chi connectivity index (χ1v) is 10.6. The zero-order valence-electron chi connectivity index (χ0n) is 14.8. The molecule has 0 amide bonds. The number of imidazole rings is 1. The number of nitrogen functional groups attached to an aromatic ring is 1. The molecule has 0 bridgehead atoms. The number of aliphatic hydroxyl groups excluding tert-OH is 2. The van der Waals surface area contributed by atoms with Crippen molar-refractivity contribution in [2.24, 2.45) is 0 Å². The molecular formula is C15H20N6O5SSe. The van der Waals surface area contributed by atoms with Crippen LogP contribution < -0.4 is 11.1 Å². The fourth-order valence-electron chi connectivity index (χ4n) is 2.91. The van der Waals surface area contributed by atoms with Gasteiger partial charge in [0.25, 0.3) is 0 Å². The molecule has 3 rings (SSSR count). The number of nitrogens with one attached hydrogen (secondary N) is 1. The van der Waals surface area contributed by atoms with Gasteiger partial charge in [0.2, 0.25) is 0 Å². The molecule has 5 atom stereocenters. The fraction of sp³-hybridized carbons (Fsp3) is 0.533. The topological polar surface area (TPSA) is 169 Å². The average molecular weight is 475 g/mol. The molecule has 11 nitrogen and oxygen atoms in total. The van der Waals surface area contributed by atoms with E-state index >= 15 is 0 Å². The van der Waals surface area contributed by atoms with E-state index in [-0.39, 0.29) is 5.82 Å². The molecule has 0 aromatic carbocycles. The summed E-state index contributed by atoms with van der Waals surface area (Å²) in [6.45, 7) is 0. The second kappa shape index (κ2) is 8.72. The molecule has 1 aliphatic rings. The number of carboxylic acids is 1. The molecule has 0 aliphatic carbocycles. The summed E-state index contributed by atoms with van der Waals surface area (Å²) in [5.74, 6) is -0.179. The summed E-state index contributed by atoms with van der Waals surface area (Å²) < 4.78 is 7.57. The van der Waals surface area contributed by atoms with Crippen LogP contribution in [0.4, 0.5) is 5.82 Å². The van der Waals surface area contributed by atoms with E-state index < -0.39 is 36.6 Å². The third kappa shape index (κ3) is 4.00. The Morgan fingerprint density at radius 3 is 2.86 bits per heavy atom. The van der Waals surface area contributed by atoms with Crippen molar-refractivity contribution in [3.8, 4) is 0 Å². The summed E-state index contributed by atoms with van der Waals surface area (Å²) in [5.41, 5.74) is 6.47. The summed E-state index contributed by atoms with van der Waals surface area (Å²) >= 11 is 4.25. The number of carboxylic acid groups (broad SMARTS) is 1. The van der Waals surface area contributed by atoms with Gasteiger partial charge in [0, 0.05) is 0 Å². The molecule has 13 heteroatoms. The zero-order chi connectivity index (χ0) is 20.4. The molecule has 0 unspecified atom stereocenters. The number of aliphatic hydroxyl groups is 2. The number of hydrogen-bond donors (Lipinski definition) is 5. The van der Waals surface area contributed by atoms with Crippen LogP contribution >= 0.6 is 11.8 Å². The van der Waals surface area contributed by atoms with Crippen LogP contribution in [-0.2, 0) is 9.53 Å². The predicted octanol–water partition coefficient (Wildman–Crippen LogP) is -1.88. The van der Waals surface area contributed by atoms with Crippen molar-refractivity contribution in [2.75, 3.05) is 17.7 Å². The van der Waals surface area contributed by atoms with Crippen LogP contribution in [0.5, 0.6) is 0 Å². The maximum absolute atomic E-state index is 11.4. The number of hydrogen-bond acceptors (Lipinski definition) is 10. The van der Waals surface area contributed by atoms with Gasteiger partial charge in [0.15, 0.2) is 0 Å². The second-order valence-electron chi connectivity index (χ2n) is 6.19. The molecule has 1 saturated heterocycles. The van der Waals surface area contributed by atoms with E-state index in [1.54, 1.807) is 0 Å². The molecule has 1 fully saturated rings. The van der Waals surface area contributed by atoms with Gasteiger partial charge >= 0.3 is 172 Å². The van der Waals surface area contributed by atoms with Crippen LogP contribution in [0.1, 0.15) is 12.6 Å². The summed E-state index contributed by atoms with van der Waals surface area (Å²) in [5, 5.41) is 33.1. The first kappa shape index (κ1) is 21.0. The van der Waals surface area contributed by atoms with Crippen LogP contribution in [0, 0.1) is 0 Å². The molecule has 152 valence electrons. The summed E-state index contributed by atoms with van der Waals surface area (Å²) in [6, 6.07) is -0.850. The number of carbonyl (C=O) groups is 1. The number of nitrogens with zero attached hydrogens (tertiary/aromatic N) is 4. The molecule has 0 radical (unpaired) electrons. The number of rotatable bonds is 8. The van der Waals surface area contributed by atoms with Gasteiger partial charge in [-0.3, -0.25) is 0 Å². The standard InChI is InChI=1S/C15H20N6O5SSe/c1-27-3-2-6(15(24)25)20-13(28)10-8(22)9(23)14(26-10)21-5-19-7-11(16)17-4-18-12(7)21/h4-6,8-10,14,22-23H,2-3H2,1H3,(H,20,28)(H,24,25)(H2,16,17,18)/t6-,8-,9+,10-,14+/m0/s1. The van der Waals surface area contributed by atoms with Crippen molar-refractivity contribution in [3.63, 3.8) is 0 Å². The minimum absolute atomic E-state index is 0.184. The van der Waals surface area contributed by atoms with Gasteiger partial charge < -0.3 is 0 Å². The molecule has 3 heterocycles. The van der Waals surface area contributed by atoms with E-state index in [2.05, 4.69) is 35.8 Å². The Morgan fingerprint density at radius 2 is 2.18 bits per heavy atom. The van der Waals surface area contributed by atoms with Crippen LogP contribution in [-0.4, -0.2) is 97.3 Å². The van der Waals surface area contributed by atoms with Crippen molar-refractivity contribution < 1.29 is 24.9 Å². The molecule has 0 saturated carbocycles. The Kier molecular flexibility index (Phi) is 6.53. The SMILES string of the molecule is CSCC[C@H](NC(=[Se])[C@H]1O[C@@H](n2cnc3c(N)ncnc32)[C@H](O)[C@@H]1O)C(=O)O. The molecule has 0 spiro atoms. The van der Waals surface area contributed by atoms with Gasteiger partial charge in [0.1, 0.15) is 0 Å². The van der Waals surface area contributed by atoms with E-state index in [0.717, 1.165) is 0 Å². The van der Waals surface area contributed by atoms with E-state index in [1.807, 2.05) is 6.26 Å². The van der Waals surface area contributed by atoms with E-state index in [4.69, 9.17) is 10.5 Å². The Balaban J connectivity index is 1.79. The number of anilines is 1. The van der Waals surface area contributed by atoms with Crippen molar-refractivity contribution in [1.82, 2.24) is 24.8 Å². The third-order valence-corrected chi connectivity index (χ3v) is 5.76. The Hall–Kier alpha value is -1.76. The van der Waals surface area contributed by atoms with Gasteiger partial charge in [-0.05, 0) is 0 Å². The van der Waals surface area contributed by atoms with Gasteiger partial charge in [-0.1, -0.05) is 0 Å². The van der Waals surface area contributed by atoms with E-state index in [0.29, 0.717) is 27.9 Å². The molecule has 1 aliphatic heterocycles. The number of thioether (sulfide) groups is 1. The predicted molar refractivity (Wildman–Crippen MR) is 104 cm³/mol. The van der Waals surface area contributed by atoms with Gasteiger partial charge in [0.05, 0.1) is 0 Å². The van der Waals surface area contributed by atoms with Gasteiger partial charge in [-0.2, -0.15) is 0 Å². The molecule has 28 heavy (non-hydrogen) atoms. The van der Waals surface area contributed by atoms with E-state index in [1.165, 1.54) is 29.0 Å². The summed E-state index contributed by atoms with van der Waals surface area (Å²) in [6.07, 6.45) is 0.395. The Bertz CT molecular complexity index is 882. The quantitative estimate of drug-likeness (QED) is 0.271. The molecule has 6 N–H and O–H groups in total. The van der Waals surface area contributed by atoms with Crippen LogP contribution in [0.15, 0.2) is 12.7 Å². The molecular weight excluding hydrogens is 455 g/mol. The van der Waals surface area contributed by atoms with Crippen LogP contribution in [0.2, 0.25) is 0 Å². The van der Waals surface area contributed by atoms with Crippen LogP contribution in [0.25, 0.3) is 11.2 Å². The maximum atomic E-state index is 11.4. The first-order chi connectivity index (χ1) is 13.3. The number of ether oxygens (including phenoxy) is 1. The Labute approximate surface area is 172 Å².